The van der Waals surface area contributed by atoms with E-state index in [1.165, 1.54) is 16.7 Å². The van der Waals surface area contributed by atoms with Crippen LogP contribution in [0.15, 0.2) is 68.5 Å². The van der Waals surface area contributed by atoms with Crippen LogP contribution in [0.2, 0.25) is 0 Å². The van der Waals surface area contributed by atoms with Crippen LogP contribution < -0.4 is 0 Å². The molecule has 0 spiro atoms. The van der Waals surface area contributed by atoms with E-state index in [1.807, 2.05) is 11.8 Å². The van der Waals surface area contributed by atoms with Crippen molar-refractivity contribution < 1.29 is 9.78 Å². The molecule has 5 heteroatoms. The Morgan fingerprint density at radius 1 is 0.923 bits per heavy atom. The summed E-state index contributed by atoms with van der Waals surface area (Å²) >= 11 is 8.96. The van der Waals surface area contributed by atoms with Gasteiger partial charge in [-0.3, -0.25) is 0 Å². The minimum atomic E-state index is -0.0862. The quantitative estimate of drug-likeness (QED) is 0.452. The average Bonchev–Trinajstić information content (AvgIpc) is 2.96. The summed E-state index contributed by atoms with van der Waals surface area (Å²) in [6.07, 6.45) is 2.93. The normalized spacial score (nSPS) is 24.2. The summed E-state index contributed by atoms with van der Waals surface area (Å²) in [4.78, 5) is 11.5. The monoisotopic (exact) mass is 494 g/mol. The molecule has 1 saturated heterocycles. The van der Waals surface area contributed by atoms with Gasteiger partial charge in [-0.05, 0) is 66.1 Å². The summed E-state index contributed by atoms with van der Waals surface area (Å²) in [6.45, 7) is 2.06. The molecule has 0 bridgehead atoms. The van der Waals surface area contributed by atoms with Crippen LogP contribution in [0, 0.1) is 0 Å². The van der Waals surface area contributed by atoms with E-state index in [9.17, 15) is 0 Å². The van der Waals surface area contributed by atoms with Gasteiger partial charge in [-0.2, -0.15) is 0 Å². The molecular formula is C21H20Br2O2S. The smallest absolute Gasteiger partial charge is 0.130 e. The van der Waals surface area contributed by atoms with Crippen molar-refractivity contribution in [3.05, 3.63) is 79.6 Å². The van der Waals surface area contributed by atoms with E-state index in [1.54, 1.807) is 0 Å². The lowest BCUT2D eigenvalue weighted by Gasteiger charge is -2.38. The van der Waals surface area contributed by atoms with E-state index in [0.29, 0.717) is 0 Å². The molecule has 2 aromatic rings. The fourth-order valence-electron chi connectivity index (χ4n) is 3.70. The summed E-state index contributed by atoms with van der Waals surface area (Å²) < 4.78 is 2.12. The van der Waals surface area contributed by atoms with Crippen LogP contribution in [0.3, 0.4) is 0 Å². The standard InChI is InChI=1S/C21H20Br2O2S/c1-14-10-17-13-26-21(20(17)25-24-14,11-15-2-6-18(22)7-3-15)12-16-4-8-19(23)9-5-16/h2-9,13-14,20H,10-12H2,1H3. The van der Waals surface area contributed by atoms with Gasteiger partial charge >= 0.3 is 0 Å². The summed E-state index contributed by atoms with van der Waals surface area (Å²) in [5.74, 6) is 0. The van der Waals surface area contributed by atoms with Gasteiger partial charge in [0.1, 0.15) is 6.10 Å². The van der Waals surface area contributed by atoms with Crippen LogP contribution in [0.1, 0.15) is 24.5 Å². The maximum atomic E-state index is 5.91. The molecule has 26 heavy (non-hydrogen) atoms. The fourth-order valence-corrected chi connectivity index (χ4v) is 5.65. The first-order valence-electron chi connectivity index (χ1n) is 8.72. The molecule has 0 saturated carbocycles. The van der Waals surface area contributed by atoms with E-state index in [2.05, 4.69) is 92.7 Å². The van der Waals surface area contributed by atoms with E-state index < -0.39 is 0 Å². The number of hydrogen-bond acceptors (Lipinski definition) is 3. The van der Waals surface area contributed by atoms with Gasteiger partial charge in [0, 0.05) is 15.4 Å². The molecule has 0 N–H and O–H groups in total. The third kappa shape index (κ3) is 3.97. The maximum absolute atomic E-state index is 5.91. The second kappa shape index (κ2) is 7.80. The van der Waals surface area contributed by atoms with E-state index in [4.69, 9.17) is 9.78 Å². The number of rotatable bonds is 4. The first-order valence-corrected chi connectivity index (χ1v) is 11.2. The fraction of sp³-hybridized carbons (Fsp3) is 0.333. The third-order valence-electron chi connectivity index (χ3n) is 4.93. The van der Waals surface area contributed by atoms with Crippen molar-refractivity contribution >= 4 is 43.6 Å². The second-order valence-electron chi connectivity index (χ2n) is 7.07. The Balaban J connectivity index is 1.65. The summed E-state index contributed by atoms with van der Waals surface area (Å²) in [5.41, 5.74) is 3.99. The summed E-state index contributed by atoms with van der Waals surface area (Å²) in [6, 6.07) is 17.2. The lowest BCUT2D eigenvalue weighted by atomic mass is 9.83. The van der Waals surface area contributed by atoms with Gasteiger partial charge in [-0.15, -0.1) is 11.8 Å². The van der Waals surface area contributed by atoms with Crippen molar-refractivity contribution in [2.75, 3.05) is 0 Å². The first-order chi connectivity index (χ1) is 12.5. The lowest BCUT2D eigenvalue weighted by Crippen LogP contribution is -2.46. The maximum Gasteiger partial charge on any atom is 0.130 e. The van der Waals surface area contributed by atoms with Gasteiger partial charge in [0.25, 0.3) is 0 Å². The molecule has 2 nitrogen and oxygen atoms in total. The highest BCUT2D eigenvalue weighted by Gasteiger charge is 2.49. The molecular weight excluding hydrogens is 476 g/mol. The van der Waals surface area contributed by atoms with Gasteiger partial charge in [0.15, 0.2) is 0 Å². The lowest BCUT2D eigenvalue weighted by molar-refractivity contribution is -0.359. The Labute approximate surface area is 175 Å². The molecule has 136 valence electrons. The van der Waals surface area contributed by atoms with Gasteiger partial charge in [-0.25, -0.2) is 9.78 Å². The first kappa shape index (κ1) is 18.8. The van der Waals surface area contributed by atoms with Crippen molar-refractivity contribution in [3.8, 4) is 0 Å². The zero-order valence-corrected chi connectivity index (χ0v) is 18.4. The summed E-state index contributed by atoms with van der Waals surface area (Å²) in [7, 11) is 0. The van der Waals surface area contributed by atoms with Crippen LogP contribution in [0.25, 0.3) is 0 Å². The van der Waals surface area contributed by atoms with Crippen molar-refractivity contribution in [1.29, 1.82) is 0 Å². The van der Waals surface area contributed by atoms with Crippen molar-refractivity contribution in [3.63, 3.8) is 0 Å². The number of halogens is 2. The zero-order chi connectivity index (χ0) is 18.1. The molecule has 2 aliphatic heterocycles. The Morgan fingerprint density at radius 2 is 1.46 bits per heavy atom. The van der Waals surface area contributed by atoms with Crippen molar-refractivity contribution in [2.24, 2.45) is 0 Å². The highest BCUT2D eigenvalue weighted by atomic mass is 79.9. The number of thioether (sulfide) groups is 1. The molecule has 4 rings (SSSR count). The Morgan fingerprint density at radius 3 is 2.00 bits per heavy atom. The minimum Gasteiger partial charge on any atom is -0.233 e. The Hall–Kier alpha value is -0.590. The molecule has 0 aliphatic carbocycles. The van der Waals surface area contributed by atoms with Crippen LogP contribution in [0.5, 0.6) is 0 Å². The minimum absolute atomic E-state index is 0.00371. The van der Waals surface area contributed by atoms with Crippen LogP contribution >= 0.6 is 43.6 Å². The number of hydrogen-bond donors (Lipinski definition) is 0. The van der Waals surface area contributed by atoms with Crippen LogP contribution in [-0.2, 0) is 22.6 Å². The topological polar surface area (TPSA) is 18.5 Å². The van der Waals surface area contributed by atoms with Gasteiger partial charge in [0.05, 0.1) is 10.9 Å². The number of fused-ring (bicyclic) bond motifs is 1. The molecule has 1 fully saturated rings. The molecule has 0 aromatic heterocycles. The highest BCUT2D eigenvalue weighted by molar-refractivity contribution is 9.10. The average molecular weight is 496 g/mol. The van der Waals surface area contributed by atoms with E-state index >= 15 is 0 Å². The third-order valence-corrected chi connectivity index (χ3v) is 7.38. The van der Waals surface area contributed by atoms with Crippen molar-refractivity contribution in [1.82, 2.24) is 0 Å². The predicted molar refractivity (Wildman–Crippen MR) is 114 cm³/mol. The van der Waals surface area contributed by atoms with Crippen LogP contribution in [-0.4, -0.2) is 17.0 Å². The molecule has 0 amide bonds. The van der Waals surface area contributed by atoms with Crippen LogP contribution in [0.4, 0.5) is 0 Å². The molecule has 2 aromatic carbocycles. The second-order valence-corrected chi connectivity index (χ2v) is 10.2. The highest BCUT2D eigenvalue weighted by Crippen LogP contribution is 2.50. The van der Waals surface area contributed by atoms with Gasteiger partial charge in [-0.1, -0.05) is 56.1 Å². The molecule has 2 unspecified atom stereocenters. The Bertz CT molecular complexity index is 754. The SMILES string of the molecule is CC1CC2=CSC(Cc3ccc(Br)cc3)(Cc3ccc(Br)cc3)C2OO1. The molecule has 2 aliphatic rings. The predicted octanol–water partition coefficient (Wildman–Crippen LogP) is 6.48. The van der Waals surface area contributed by atoms with Crippen molar-refractivity contribution in [2.45, 2.75) is 43.1 Å². The number of benzene rings is 2. The Kier molecular flexibility index (Phi) is 5.63. The van der Waals surface area contributed by atoms with Gasteiger partial charge < -0.3 is 0 Å². The summed E-state index contributed by atoms with van der Waals surface area (Å²) in [5, 5.41) is 2.31. The molecule has 0 radical (unpaired) electrons. The van der Waals surface area contributed by atoms with E-state index in [0.717, 1.165) is 28.2 Å². The largest absolute Gasteiger partial charge is 0.233 e. The van der Waals surface area contributed by atoms with Gasteiger partial charge in [0.2, 0.25) is 0 Å². The molecule has 2 atom stereocenters. The van der Waals surface area contributed by atoms with E-state index in [-0.39, 0.29) is 17.0 Å². The zero-order valence-electron chi connectivity index (χ0n) is 14.5. The molecule has 2 heterocycles.